The Morgan fingerprint density at radius 1 is 0.413 bits per heavy atom. The quantitative estimate of drug-likeness (QED) is 0.189. The number of anilines is 3. The van der Waals surface area contributed by atoms with Crippen LogP contribution in [0.3, 0.4) is 0 Å². The van der Waals surface area contributed by atoms with Gasteiger partial charge in [-0.25, -0.2) is 0 Å². The number of fused-ring (bicyclic) bond motifs is 9. The lowest BCUT2D eigenvalue weighted by molar-refractivity contribution is 0.299. The van der Waals surface area contributed by atoms with Crippen molar-refractivity contribution in [2.24, 2.45) is 0 Å². The van der Waals surface area contributed by atoms with E-state index in [-0.39, 0.29) is 10.8 Å². The van der Waals surface area contributed by atoms with E-state index in [1.165, 1.54) is 43.8 Å². The molecule has 0 spiro atoms. The zero-order valence-electron chi connectivity index (χ0n) is 26.6. The van der Waals surface area contributed by atoms with Crippen LogP contribution in [0.2, 0.25) is 0 Å². The molecule has 0 atom stereocenters. The van der Waals surface area contributed by atoms with Gasteiger partial charge in [0.15, 0.2) is 0 Å². The first-order chi connectivity index (χ1) is 22.3. The number of hydrogen-bond acceptors (Lipinski definition) is 2. The van der Waals surface area contributed by atoms with Crippen LogP contribution in [0.4, 0.5) is 17.1 Å². The van der Waals surface area contributed by atoms with Crippen LogP contribution in [0.5, 0.6) is 0 Å². The number of benzene rings is 7. The number of nitrogens with zero attached hydrogens (tertiary/aromatic N) is 1. The minimum Gasteiger partial charge on any atom is -0.456 e. The molecule has 0 N–H and O–H groups in total. The minimum atomic E-state index is -0.0305. The molecule has 0 saturated carbocycles. The van der Waals surface area contributed by atoms with Gasteiger partial charge in [-0.05, 0) is 109 Å². The lowest BCUT2D eigenvalue weighted by atomic mass is 9.55. The molecule has 2 nitrogen and oxygen atoms in total. The lowest BCUT2D eigenvalue weighted by Gasteiger charge is -2.48. The molecule has 1 aliphatic carbocycles. The summed E-state index contributed by atoms with van der Waals surface area (Å²) in [5.41, 5.74) is 10.7. The molecule has 0 unspecified atom stereocenters. The van der Waals surface area contributed by atoms with Crippen LogP contribution in [0, 0.1) is 0 Å². The molecule has 222 valence electrons. The maximum absolute atomic E-state index is 6.24. The molecule has 2 heteroatoms. The van der Waals surface area contributed by atoms with Gasteiger partial charge >= 0.3 is 0 Å². The topological polar surface area (TPSA) is 16.4 Å². The first-order valence-corrected chi connectivity index (χ1v) is 16.2. The Hall–Kier alpha value is -5.34. The Bertz CT molecular complexity index is 2480. The number of rotatable bonds is 3. The Morgan fingerprint density at radius 2 is 1.04 bits per heavy atom. The summed E-state index contributed by atoms with van der Waals surface area (Å²) in [5.74, 6) is 0. The summed E-state index contributed by atoms with van der Waals surface area (Å²) in [5, 5.41) is 7.17. The molecule has 1 heterocycles. The highest BCUT2D eigenvalue weighted by atomic mass is 16.3. The molecule has 0 radical (unpaired) electrons. The highest BCUT2D eigenvalue weighted by Gasteiger charge is 2.45. The van der Waals surface area contributed by atoms with E-state index in [9.17, 15) is 0 Å². The largest absolute Gasteiger partial charge is 0.456 e. The van der Waals surface area contributed by atoms with E-state index in [2.05, 4.69) is 160 Å². The molecular formula is C44H35NO. The second kappa shape index (κ2) is 9.58. The third-order valence-electron chi connectivity index (χ3n) is 11.0. The minimum absolute atomic E-state index is 0.00234. The normalized spacial score (nSPS) is 14.9. The van der Waals surface area contributed by atoms with E-state index in [4.69, 9.17) is 4.42 Å². The maximum atomic E-state index is 6.24. The zero-order valence-corrected chi connectivity index (χ0v) is 26.6. The van der Waals surface area contributed by atoms with Crippen LogP contribution in [-0.4, -0.2) is 0 Å². The summed E-state index contributed by atoms with van der Waals surface area (Å²) in [6.45, 7) is 9.56. The molecule has 0 aliphatic heterocycles. The van der Waals surface area contributed by atoms with E-state index < -0.39 is 0 Å². The average Bonchev–Trinajstić information content (AvgIpc) is 3.44. The summed E-state index contributed by atoms with van der Waals surface area (Å²) >= 11 is 0. The van der Waals surface area contributed by atoms with Gasteiger partial charge in [0.1, 0.15) is 11.2 Å². The van der Waals surface area contributed by atoms with Crippen molar-refractivity contribution < 1.29 is 4.42 Å². The Balaban J connectivity index is 1.28. The number of furan rings is 1. The summed E-state index contributed by atoms with van der Waals surface area (Å²) < 4.78 is 6.24. The van der Waals surface area contributed by atoms with Crippen LogP contribution in [-0.2, 0) is 10.8 Å². The predicted octanol–water partition coefficient (Wildman–Crippen LogP) is 12.6. The zero-order chi connectivity index (χ0) is 31.2. The third kappa shape index (κ3) is 3.77. The smallest absolute Gasteiger partial charge is 0.136 e. The van der Waals surface area contributed by atoms with E-state index in [0.29, 0.717) is 0 Å². The van der Waals surface area contributed by atoms with Gasteiger partial charge in [0.05, 0.1) is 0 Å². The number of hydrogen-bond donors (Lipinski definition) is 0. The van der Waals surface area contributed by atoms with Gasteiger partial charge in [0.2, 0.25) is 0 Å². The molecule has 1 aliphatic rings. The van der Waals surface area contributed by atoms with Crippen LogP contribution in [0.25, 0.3) is 54.6 Å². The van der Waals surface area contributed by atoms with Crippen LogP contribution < -0.4 is 4.90 Å². The Kier molecular flexibility index (Phi) is 5.63. The van der Waals surface area contributed by atoms with E-state index in [0.717, 1.165) is 39.0 Å². The molecular weight excluding hydrogens is 558 g/mol. The van der Waals surface area contributed by atoms with Gasteiger partial charge in [-0.15, -0.1) is 0 Å². The highest BCUT2D eigenvalue weighted by molar-refractivity contribution is 6.17. The van der Waals surface area contributed by atoms with Crippen molar-refractivity contribution in [3.8, 4) is 11.1 Å². The summed E-state index contributed by atoms with van der Waals surface area (Å²) in [7, 11) is 0. The van der Waals surface area contributed by atoms with Crippen LogP contribution in [0.15, 0.2) is 144 Å². The third-order valence-corrected chi connectivity index (χ3v) is 11.0. The molecule has 9 rings (SSSR count). The summed E-state index contributed by atoms with van der Waals surface area (Å²) in [6.07, 6.45) is 0. The second-order valence-corrected chi connectivity index (χ2v) is 13.8. The average molecular weight is 594 g/mol. The SMILES string of the molecule is CC1(C)c2ccccc2-c2cc(N(c3ccccc3)c3ccc4ccc5cc6oc7ccccc7c6cc5c4c3)ccc2C1(C)C. The van der Waals surface area contributed by atoms with Crippen molar-refractivity contribution in [1.82, 2.24) is 0 Å². The fourth-order valence-corrected chi connectivity index (χ4v) is 7.80. The van der Waals surface area contributed by atoms with Gasteiger partial charge in [-0.1, -0.05) is 113 Å². The first kappa shape index (κ1) is 27.0. The van der Waals surface area contributed by atoms with Crippen LogP contribution >= 0.6 is 0 Å². The predicted molar refractivity (Wildman–Crippen MR) is 195 cm³/mol. The molecule has 46 heavy (non-hydrogen) atoms. The Morgan fingerprint density at radius 3 is 1.89 bits per heavy atom. The van der Waals surface area contributed by atoms with E-state index >= 15 is 0 Å². The molecule has 0 saturated heterocycles. The van der Waals surface area contributed by atoms with Crippen molar-refractivity contribution >= 4 is 60.5 Å². The van der Waals surface area contributed by atoms with Gasteiger partial charge in [-0.2, -0.15) is 0 Å². The lowest BCUT2D eigenvalue weighted by Crippen LogP contribution is -2.43. The van der Waals surface area contributed by atoms with E-state index in [1.807, 2.05) is 12.1 Å². The van der Waals surface area contributed by atoms with Gasteiger partial charge < -0.3 is 9.32 Å². The number of para-hydroxylation sites is 2. The molecule has 0 amide bonds. The molecule has 8 aromatic rings. The van der Waals surface area contributed by atoms with Crippen molar-refractivity contribution in [3.05, 3.63) is 151 Å². The molecule has 1 aromatic heterocycles. The van der Waals surface area contributed by atoms with Crippen molar-refractivity contribution in [2.75, 3.05) is 4.90 Å². The van der Waals surface area contributed by atoms with Gasteiger partial charge in [-0.3, -0.25) is 0 Å². The monoisotopic (exact) mass is 593 g/mol. The summed E-state index contributed by atoms with van der Waals surface area (Å²) in [6, 6.07) is 50.9. The van der Waals surface area contributed by atoms with Crippen molar-refractivity contribution in [2.45, 2.75) is 38.5 Å². The van der Waals surface area contributed by atoms with E-state index in [1.54, 1.807) is 0 Å². The van der Waals surface area contributed by atoms with Gasteiger partial charge in [0.25, 0.3) is 0 Å². The fourth-order valence-electron chi connectivity index (χ4n) is 7.80. The molecule has 0 fully saturated rings. The molecule has 7 aromatic carbocycles. The van der Waals surface area contributed by atoms with Crippen LogP contribution in [0.1, 0.15) is 38.8 Å². The fraction of sp³-hybridized carbons (Fsp3) is 0.136. The standard InChI is InChI=1S/C44H35NO/c1-43(2)39-16-10-8-14-33(39)37-26-32(22-23-40(37)44(43,3)4)45(30-12-6-5-7-13-30)31-21-20-28-18-19-29-24-42-38(27-36(29)35(28)25-31)34-15-9-11-17-41(34)46-42/h5-27H,1-4H3. The first-order valence-electron chi connectivity index (χ1n) is 16.2. The highest BCUT2D eigenvalue weighted by Crippen LogP contribution is 2.54. The Labute approximate surface area is 269 Å². The van der Waals surface area contributed by atoms with Gasteiger partial charge in [0, 0.05) is 27.8 Å². The second-order valence-electron chi connectivity index (χ2n) is 13.8. The maximum Gasteiger partial charge on any atom is 0.136 e. The summed E-state index contributed by atoms with van der Waals surface area (Å²) in [4.78, 5) is 2.40. The van der Waals surface area contributed by atoms with Crippen molar-refractivity contribution in [1.29, 1.82) is 0 Å². The molecule has 0 bridgehead atoms. The van der Waals surface area contributed by atoms with Crippen molar-refractivity contribution in [3.63, 3.8) is 0 Å².